The third kappa shape index (κ3) is 5.09. The van der Waals surface area contributed by atoms with E-state index in [-0.39, 0.29) is 0 Å². The van der Waals surface area contributed by atoms with Crippen molar-refractivity contribution in [2.75, 3.05) is 19.8 Å². The zero-order chi connectivity index (χ0) is 26.1. The second-order valence-corrected chi connectivity index (χ2v) is 8.56. The Balaban J connectivity index is 2.60. The van der Waals surface area contributed by atoms with Gasteiger partial charge in [-0.15, -0.1) is 0 Å². The van der Waals surface area contributed by atoms with Gasteiger partial charge in [0, 0.05) is 0 Å². The minimum atomic E-state index is -3.34. The molecule has 0 aromatic heterocycles. The molecule has 2 saturated heterocycles. The highest BCUT2D eigenvalue weighted by atomic mass is 16.6. The normalized spacial score (nSPS) is 44.6. The average molecular weight is 506 g/mol. The lowest BCUT2D eigenvalue weighted by molar-refractivity contribution is -0.348. The molecule has 0 bridgehead atoms. The van der Waals surface area contributed by atoms with Crippen molar-refractivity contribution in [2.24, 2.45) is 0 Å². The van der Waals surface area contributed by atoms with Crippen molar-refractivity contribution in [2.45, 2.75) is 91.1 Å². The van der Waals surface area contributed by atoms with E-state index >= 15 is 0 Å². The Morgan fingerprint density at radius 1 is 0.588 bits per heavy atom. The van der Waals surface area contributed by atoms with E-state index in [4.69, 9.17) is 14.6 Å². The second kappa shape index (κ2) is 11.6. The monoisotopic (exact) mass is 506 g/mol. The molecule has 14 N–H and O–H groups in total. The minimum Gasteiger partial charge on any atom is -0.394 e. The van der Waals surface area contributed by atoms with Gasteiger partial charge < -0.3 is 81.0 Å². The Kier molecular flexibility index (Phi) is 10.1. The van der Waals surface area contributed by atoms with Crippen LogP contribution in [0.1, 0.15) is 0 Å². The summed E-state index contributed by atoms with van der Waals surface area (Å²) in [6.07, 6.45) is -30.5. The van der Waals surface area contributed by atoms with Gasteiger partial charge >= 0.3 is 0 Å². The van der Waals surface area contributed by atoms with E-state index in [0.717, 1.165) is 0 Å². The molecule has 0 amide bonds. The number of hydrogen-bond donors (Lipinski definition) is 14. The van der Waals surface area contributed by atoms with E-state index in [1.165, 1.54) is 0 Å². The summed E-state index contributed by atoms with van der Waals surface area (Å²) in [5, 5.41) is 142. The smallest absolute Gasteiger partial charge is 0.150 e. The van der Waals surface area contributed by atoms with Crippen molar-refractivity contribution in [3.8, 4) is 0 Å². The maximum atomic E-state index is 11.6. The zero-order valence-electron chi connectivity index (χ0n) is 17.8. The Hall–Kier alpha value is -0.640. The van der Waals surface area contributed by atoms with Crippen LogP contribution in [0.25, 0.3) is 0 Å². The molecule has 2 unspecified atom stereocenters. The van der Waals surface area contributed by atoms with Gasteiger partial charge in [-0.1, -0.05) is 0 Å². The molecule has 16 heteroatoms. The zero-order valence-corrected chi connectivity index (χ0v) is 17.8. The molecule has 0 saturated carbocycles. The predicted octanol–water partition coefficient (Wildman–Crippen LogP) is -9.16. The van der Waals surface area contributed by atoms with Crippen LogP contribution in [-0.2, 0) is 9.47 Å². The van der Waals surface area contributed by atoms with E-state index in [1.54, 1.807) is 0 Å². The standard InChI is InChI=1S/C18H34O16/c19-1-4(22)7(23)12(28)15(31)18(32,16-13(29)10(26)8(24)5(2-20)33-16)17-14(30)11(27)9(25)6(3-21)34-17/h4-17,19-32H,1-3H2/t4-,5-,6-,7-,8-,9-,10+,11+,12+,13-,14-,15-,16?,17?,18?/m1/s1. The summed E-state index contributed by atoms with van der Waals surface area (Å²) in [5.41, 5.74) is -3.34. The lowest BCUT2D eigenvalue weighted by Crippen LogP contribution is -2.78. The molecule has 14 atom stereocenters. The van der Waals surface area contributed by atoms with Crippen LogP contribution in [0.15, 0.2) is 0 Å². The van der Waals surface area contributed by atoms with E-state index in [0.29, 0.717) is 0 Å². The highest BCUT2D eigenvalue weighted by Crippen LogP contribution is 2.40. The minimum absolute atomic E-state index is 0.989. The third-order valence-corrected chi connectivity index (χ3v) is 6.42. The quantitative estimate of drug-likeness (QED) is 0.138. The maximum absolute atomic E-state index is 11.6. The van der Waals surface area contributed by atoms with Crippen LogP contribution in [0.4, 0.5) is 0 Å². The number of ether oxygens (including phenoxy) is 2. The summed E-state index contributed by atoms with van der Waals surface area (Å²) in [5.74, 6) is 0. The summed E-state index contributed by atoms with van der Waals surface area (Å²) in [7, 11) is 0. The molecular formula is C18H34O16. The van der Waals surface area contributed by atoms with Crippen LogP contribution >= 0.6 is 0 Å². The molecule has 2 aliphatic rings. The number of hydrogen-bond acceptors (Lipinski definition) is 16. The van der Waals surface area contributed by atoms with E-state index < -0.39 is 111 Å². The fourth-order valence-corrected chi connectivity index (χ4v) is 4.26. The highest BCUT2D eigenvalue weighted by molar-refractivity contribution is 5.14. The molecule has 0 radical (unpaired) electrons. The van der Waals surface area contributed by atoms with Crippen molar-refractivity contribution in [1.82, 2.24) is 0 Å². The van der Waals surface area contributed by atoms with Gasteiger partial charge in [-0.2, -0.15) is 0 Å². The summed E-state index contributed by atoms with van der Waals surface area (Å²) in [6.45, 7) is -3.09. The molecule has 2 aliphatic heterocycles. The van der Waals surface area contributed by atoms with Gasteiger partial charge in [0.2, 0.25) is 0 Å². The SMILES string of the molecule is OC[C@@H](O)[C@@H](O)[C@H](O)[C@@H](O)C(O)(C1O[C@H](CO)[C@@H](O)[C@H](O)[C@H]1O)C1O[C@H](CO)[C@@H](O)[C@H](O)[C@H]1O. The molecule has 2 fully saturated rings. The van der Waals surface area contributed by atoms with Crippen molar-refractivity contribution in [3.05, 3.63) is 0 Å². The Bertz CT molecular complexity index is 599. The Morgan fingerprint density at radius 3 is 1.29 bits per heavy atom. The molecular weight excluding hydrogens is 472 g/mol. The summed E-state index contributed by atoms with van der Waals surface area (Å²) < 4.78 is 10.5. The van der Waals surface area contributed by atoms with Crippen LogP contribution in [0.5, 0.6) is 0 Å². The van der Waals surface area contributed by atoms with Crippen LogP contribution in [0, 0.1) is 0 Å². The molecule has 2 heterocycles. The van der Waals surface area contributed by atoms with Crippen LogP contribution in [0.2, 0.25) is 0 Å². The second-order valence-electron chi connectivity index (χ2n) is 8.56. The van der Waals surface area contributed by atoms with Crippen molar-refractivity contribution >= 4 is 0 Å². The van der Waals surface area contributed by atoms with E-state index in [2.05, 4.69) is 0 Å². The lowest BCUT2D eigenvalue weighted by Gasteiger charge is -2.55. The van der Waals surface area contributed by atoms with Gasteiger partial charge in [0.05, 0.1) is 19.8 Å². The van der Waals surface area contributed by atoms with Crippen molar-refractivity contribution in [3.63, 3.8) is 0 Å². The predicted molar refractivity (Wildman–Crippen MR) is 104 cm³/mol. The first kappa shape index (κ1) is 29.6. The Labute approximate surface area is 192 Å². The van der Waals surface area contributed by atoms with Gasteiger partial charge in [0.1, 0.15) is 85.5 Å². The molecule has 0 aromatic carbocycles. The van der Waals surface area contributed by atoms with Gasteiger partial charge in [0.25, 0.3) is 0 Å². The maximum Gasteiger partial charge on any atom is 0.150 e. The Morgan fingerprint density at radius 2 is 0.971 bits per heavy atom. The average Bonchev–Trinajstić information content (AvgIpc) is 2.83. The van der Waals surface area contributed by atoms with Gasteiger partial charge in [0.15, 0.2) is 5.60 Å². The first-order valence-corrected chi connectivity index (χ1v) is 10.5. The van der Waals surface area contributed by atoms with E-state index in [1.807, 2.05) is 0 Å². The molecule has 0 spiro atoms. The summed E-state index contributed by atoms with van der Waals surface area (Å²) in [4.78, 5) is 0. The van der Waals surface area contributed by atoms with Gasteiger partial charge in [-0.25, -0.2) is 0 Å². The summed E-state index contributed by atoms with van der Waals surface area (Å²) in [6, 6.07) is 0. The number of rotatable bonds is 9. The van der Waals surface area contributed by atoms with Gasteiger partial charge in [-0.3, -0.25) is 0 Å². The molecule has 34 heavy (non-hydrogen) atoms. The molecule has 202 valence electrons. The lowest BCUT2D eigenvalue weighted by atomic mass is 9.72. The third-order valence-electron chi connectivity index (χ3n) is 6.42. The van der Waals surface area contributed by atoms with Crippen LogP contribution in [-0.4, -0.2) is 182 Å². The molecule has 16 nitrogen and oxygen atoms in total. The number of aliphatic hydroxyl groups is 14. The van der Waals surface area contributed by atoms with Crippen LogP contribution < -0.4 is 0 Å². The van der Waals surface area contributed by atoms with Crippen molar-refractivity contribution in [1.29, 1.82) is 0 Å². The molecule has 2 rings (SSSR count). The van der Waals surface area contributed by atoms with E-state index in [9.17, 15) is 66.4 Å². The first-order chi connectivity index (χ1) is 15.8. The van der Waals surface area contributed by atoms with Gasteiger partial charge in [-0.05, 0) is 0 Å². The molecule has 0 aromatic rings. The highest BCUT2D eigenvalue weighted by Gasteiger charge is 2.65. The number of aliphatic hydroxyl groups excluding tert-OH is 13. The van der Waals surface area contributed by atoms with Crippen molar-refractivity contribution < 1.29 is 81.0 Å². The fraction of sp³-hybridized carbons (Fsp3) is 1.00. The topological polar surface area (TPSA) is 302 Å². The molecule has 0 aliphatic carbocycles. The fourth-order valence-electron chi connectivity index (χ4n) is 4.26. The van der Waals surface area contributed by atoms with Crippen LogP contribution in [0.3, 0.4) is 0 Å². The summed E-state index contributed by atoms with van der Waals surface area (Å²) >= 11 is 0. The largest absolute Gasteiger partial charge is 0.394 e. The first-order valence-electron chi connectivity index (χ1n) is 10.5.